The fourth-order valence-corrected chi connectivity index (χ4v) is 2.52. The number of likely N-dealkylation sites (tertiary alicyclic amines) is 1. The van der Waals surface area contributed by atoms with Crippen molar-refractivity contribution in [2.24, 2.45) is 0 Å². The average molecular weight is 250 g/mol. The number of nitrogens with one attached hydrogen (secondary N) is 1. The van der Waals surface area contributed by atoms with Crippen molar-refractivity contribution in [3.8, 4) is 5.75 Å². The fraction of sp³-hybridized carbons (Fsp3) is 0.571. The minimum Gasteiger partial charge on any atom is -0.496 e. The molecule has 0 saturated carbocycles. The Morgan fingerprint density at radius 1 is 1.28 bits per heavy atom. The van der Waals surface area contributed by atoms with Gasteiger partial charge in [0.2, 0.25) is 0 Å². The van der Waals surface area contributed by atoms with E-state index >= 15 is 0 Å². The van der Waals surface area contributed by atoms with Gasteiger partial charge in [0.25, 0.3) is 0 Å². The molecule has 0 unspecified atom stereocenters. The molecule has 4 heteroatoms. The summed E-state index contributed by atoms with van der Waals surface area (Å²) in [5.41, 5.74) is 4.47. The number of hydroxylamine groups is 1. The number of benzene rings is 1. The molecular weight excluding hydrogens is 228 g/mol. The third-order valence-electron chi connectivity index (χ3n) is 3.47. The molecule has 100 valence electrons. The Kier molecular flexibility index (Phi) is 4.99. The Bertz CT molecular complexity index is 376. The standard InChI is InChI=1S/C14H22N2O2/c1-18-14-6-5-12(10-15-17)9-13(14)11-16-7-3-2-4-8-16/h5-6,9,15,17H,2-4,7-8,10-11H2,1H3. The molecule has 1 heterocycles. The van der Waals surface area contributed by atoms with Crippen LogP contribution < -0.4 is 10.2 Å². The zero-order valence-corrected chi connectivity index (χ0v) is 11.0. The van der Waals surface area contributed by atoms with Crippen LogP contribution in [0.15, 0.2) is 18.2 Å². The summed E-state index contributed by atoms with van der Waals surface area (Å²) >= 11 is 0. The van der Waals surface area contributed by atoms with Crippen molar-refractivity contribution in [1.29, 1.82) is 0 Å². The summed E-state index contributed by atoms with van der Waals surface area (Å²) in [6.45, 7) is 3.75. The summed E-state index contributed by atoms with van der Waals surface area (Å²) in [5, 5.41) is 8.77. The van der Waals surface area contributed by atoms with Crippen molar-refractivity contribution < 1.29 is 9.94 Å². The predicted molar refractivity (Wildman–Crippen MR) is 70.7 cm³/mol. The molecule has 18 heavy (non-hydrogen) atoms. The summed E-state index contributed by atoms with van der Waals surface area (Å²) in [5.74, 6) is 0.933. The first-order chi connectivity index (χ1) is 8.83. The number of methoxy groups -OCH3 is 1. The highest BCUT2D eigenvalue weighted by Gasteiger charge is 2.13. The minimum atomic E-state index is 0.469. The maximum absolute atomic E-state index is 8.77. The van der Waals surface area contributed by atoms with Gasteiger partial charge in [0.1, 0.15) is 5.75 Å². The zero-order chi connectivity index (χ0) is 12.8. The molecule has 4 nitrogen and oxygen atoms in total. The molecule has 1 aliphatic heterocycles. The van der Waals surface area contributed by atoms with Crippen LogP contribution in [0.2, 0.25) is 0 Å². The predicted octanol–water partition coefficient (Wildman–Crippen LogP) is 2.16. The molecule has 0 amide bonds. The van der Waals surface area contributed by atoms with Gasteiger partial charge in [0.15, 0.2) is 0 Å². The third-order valence-corrected chi connectivity index (χ3v) is 3.47. The van der Waals surface area contributed by atoms with Crippen molar-refractivity contribution in [2.75, 3.05) is 20.2 Å². The number of hydrogen-bond donors (Lipinski definition) is 2. The fourth-order valence-electron chi connectivity index (χ4n) is 2.52. The topological polar surface area (TPSA) is 44.7 Å². The molecule has 0 aliphatic carbocycles. The monoisotopic (exact) mass is 250 g/mol. The van der Waals surface area contributed by atoms with Crippen LogP contribution in [0.4, 0.5) is 0 Å². The Morgan fingerprint density at radius 3 is 2.72 bits per heavy atom. The largest absolute Gasteiger partial charge is 0.496 e. The lowest BCUT2D eigenvalue weighted by atomic mass is 10.1. The molecule has 0 spiro atoms. The Morgan fingerprint density at radius 2 is 2.06 bits per heavy atom. The van der Waals surface area contributed by atoms with E-state index in [1.807, 2.05) is 12.1 Å². The smallest absolute Gasteiger partial charge is 0.123 e. The minimum absolute atomic E-state index is 0.469. The van der Waals surface area contributed by atoms with Gasteiger partial charge in [-0.05, 0) is 43.6 Å². The van der Waals surface area contributed by atoms with E-state index < -0.39 is 0 Å². The van der Waals surface area contributed by atoms with Crippen molar-refractivity contribution >= 4 is 0 Å². The number of piperidine rings is 1. The molecule has 1 fully saturated rings. The average Bonchev–Trinajstić information content (AvgIpc) is 2.41. The number of hydrogen-bond acceptors (Lipinski definition) is 4. The first kappa shape index (κ1) is 13.3. The molecule has 0 bridgehead atoms. The molecule has 1 aromatic carbocycles. The number of ether oxygens (including phenoxy) is 1. The van der Waals surface area contributed by atoms with Gasteiger partial charge >= 0.3 is 0 Å². The Hall–Kier alpha value is -1.10. The highest BCUT2D eigenvalue weighted by molar-refractivity contribution is 5.37. The van der Waals surface area contributed by atoms with Gasteiger partial charge in [-0.25, -0.2) is 5.48 Å². The molecule has 1 aliphatic rings. The van der Waals surface area contributed by atoms with Crippen LogP contribution in [-0.4, -0.2) is 30.3 Å². The van der Waals surface area contributed by atoms with E-state index in [2.05, 4.69) is 16.4 Å². The summed E-state index contributed by atoms with van der Waals surface area (Å²) in [4.78, 5) is 2.47. The number of nitrogens with zero attached hydrogens (tertiary/aromatic N) is 1. The summed E-state index contributed by atoms with van der Waals surface area (Å²) in [6.07, 6.45) is 3.93. The molecule has 1 saturated heterocycles. The summed E-state index contributed by atoms with van der Waals surface area (Å²) < 4.78 is 5.41. The second-order valence-corrected chi connectivity index (χ2v) is 4.82. The van der Waals surface area contributed by atoms with Crippen LogP contribution in [0.5, 0.6) is 5.75 Å². The van der Waals surface area contributed by atoms with E-state index in [9.17, 15) is 0 Å². The van der Waals surface area contributed by atoms with Crippen LogP contribution in [0, 0.1) is 0 Å². The van der Waals surface area contributed by atoms with Gasteiger partial charge in [-0.15, -0.1) is 0 Å². The molecule has 0 radical (unpaired) electrons. The second-order valence-electron chi connectivity index (χ2n) is 4.82. The van der Waals surface area contributed by atoms with Crippen LogP contribution in [-0.2, 0) is 13.1 Å². The second kappa shape index (κ2) is 6.73. The SMILES string of the molecule is COc1ccc(CNO)cc1CN1CCCCC1. The van der Waals surface area contributed by atoms with Gasteiger partial charge in [-0.3, -0.25) is 4.90 Å². The van der Waals surface area contributed by atoms with Gasteiger partial charge in [0, 0.05) is 18.7 Å². The van der Waals surface area contributed by atoms with Crippen molar-refractivity contribution in [1.82, 2.24) is 10.4 Å². The van der Waals surface area contributed by atoms with E-state index in [4.69, 9.17) is 9.94 Å². The van der Waals surface area contributed by atoms with E-state index in [0.717, 1.165) is 17.9 Å². The quantitative estimate of drug-likeness (QED) is 0.786. The lowest BCUT2D eigenvalue weighted by Gasteiger charge is -2.27. The number of rotatable bonds is 5. The van der Waals surface area contributed by atoms with Crippen LogP contribution in [0.3, 0.4) is 0 Å². The summed E-state index contributed by atoms with van der Waals surface area (Å²) in [6, 6.07) is 6.06. The van der Waals surface area contributed by atoms with Crippen LogP contribution >= 0.6 is 0 Å². The molecule has 0 atom stereocenters. The molecule has 0 aromatic heterocycles. The maximum atomic E-state index is 8.77. The van der Waals surface area contributed by atoms with Crippen molar-refractivity contribution in [3.63, 3.8) is 0 Å². The van der Waals surface area contributed by atoms with Crippen LogP contribution in [0.1, 0.15) is 30.4 Å². The van der Waals surface area contributed by atoms with Gasteiger partial charge in [0.05, 0.1) is 7.11 Å². The highest BCUT2D eigenvalue weighted by Crippen LogP contribution is 2.23. The lowest BCUT2D eigenvalue weighted by Crippen LogP contribution is -2.29. The normalized spacial score (nSPS) is 16.8. The maximum Gasteiger partial charge on any atom is 0.123 e. The molecule has 1 aromatic rings. The van der Waals surface area contributed by atoms with E-state index in [1.165, 1.54) is 37.9 Å². The molecular formula is C14H22N2O2. The van der Waals surface area contributed by atoms with E-state index in [1.54, 1.807) is 7.11 Å². The van der Waals surface area contributed by atoms with Crippen molar-refractivity contribution in [3.05, 3.63) is 29.3 Å². The van der Waals surface area contributed by atoms with Gasteiger partial charge < -0.3 is 9.94 Å². The first-order valence-electron chi connectivity index (χ1n) is 6.58. The molecule has 2 N–H and O–H groups in total. The third kappa shape index (κ3) is 3.45. The van der Waals surface area contributed by atoms with Crippen LogP contribution in [0.25, 0.3) is 0 Å². The van der Waals surface area contributed by atoms with Crippen molar-refractivity contribution in [2.45, 2.75) is 32.4 Å². The molecule has 2 rings (SSSR count). The van der Waals surface area contributed by atoms with E-state index in [-0.39, 0.29) is 0 Å². The van der Waals surface area contributed by atoms with Gasteiger partial charge in [-0.1, -0.05) is 12.5 Å². The Labute approximate surface area is 109 Å². The van der Waals surface area contributed by atoms with E-state index in [0.29, 0.717) is 6.54 Å². The zero-order valence-electron chi connectivity index (χ0n) is 11.0. The lowest BCUT2D eigenvalue weighted by molar-refractivity contribution is 0.161. The highest BCUT2D eigenvalue weighted by atomic mass is 16.5. The summed E-state index contributed by atoms with van der Waals surface area (Å²) in [7, 11) is 1.71. The Balaban J connectivity index is 2.09. The van der Waals surface area contributed by atoms with Gasteiger partial charge in [-0.2, -0.15) is 0 Å². The first-order valence-corrected chi connectivity index (χ1v) is 6.58.